The molecule has 0 rings (SSSR count). The van der Waals surface area contributed by atoms with E-state index in [2.05, 4.69) is 13.8 Å². The third kappa shape index (κ3) is 20.9. The second kappa shape index (κ2) is 23.1. The number of carboxylic acids is 1. The van der Waals surface area contributed by atoms with E-state index in [4.69, 9.17) is 36.0 Å². The zero-order valence-corrected chi connectivity index (χ0v) is 23.1. The maximum absolute atomic E-state index is 11.1. The van der Waals surface area contributed by atoms with E-state index in [-0.39, 0.29) is 11.7 Å². The molecule has 0 aliphatic carbocycles. The Hall–Kier alpha value is 0.310. The highest BCUT2D eigenvalue weighted by atomic mass is 32.9. The fraction of sp³-hybridized carbons (Fsp3) is 0.957. The summed E-state index contributed by atoms with van der Waals surface area (Å²) < 4.78 is 11.0. The van der Waals surface area contributed by atoms with Crippen LogP contribution >= 0.6 is 17.1 Å². The molecule has 0 radical (unpaired) electrons. The Bertz CT molecular complexity index is 455. The smallest absolute Gasteiger partial charge is 0.307 e. The SMILES string of the molecule is CCCCCCCCCOOP(=S)(OOCCCCCCCCC)SC(CC)CC(=O)O. The summed E-state index contributed by atoms with van der Waals surface area (Å²) in [5.41, 5.74) is -2.95. The van der Waals surface area contributed by atoms with Gasteiger partial charge in [0, 0.05) is 5.25 Å². The predicted octanol–water partition coefficient (Wildman–Crippen LogP) is 8.60. The van der Waals surface area contributed by atoms with Crippen LogP contribution in [0.4, 0.5) is 0 Å². The average Bonchev–Trinajstić information content (AvgIpc) is 2.76. The third-order valence-electron chi connectivity index (χ3n) is 5.09. The van der Waals surface area contributed by atoms with Gasteiger partial charge in [-0.25, -0.2) is 9.78 Å². The highest BCUT2D eigenvalue weighted by Crippen LogP contribution is 2.64. The summed E-state index contributed by atoms with van der Waals surface area (Å²) in [5.74, 6) is -0.862. The zero-order valence-electron chi connectivity index (χ0n) is 20.6. The molecule has 9 heteroatoms. The van der Waals surface area contributed by atoms with Gasteiger partial charge in [0.05, 0.1) is 19.6 Å². The topological polar surface area (TPSA) is 74.2 Å². The lowest BCUT2D eigenvalue weighted by Crippen LogP contribution is -2.10. The third-order valence-corrected chi connectivity index (χ3v) is 9.89. The van der Waals surface area contributed by atoms with Gasteiger partial charge in [0.25, 0.3) is 0 Å². The lowest BCUT2D eigenvalue weighted by Gasteiger charge is -2.22. The first-order chi connectivity index (χ1) is 15.5. The van der Waals surface area contributed by atoms with Crippen molar-refractivity contribution < 1.29 is 29.0 Å². The Morgan fingerprint density at radius 1 is 0.781 bits per heavy atom. The molecule has 0 bridgehead atoms. The Morgan fingerprint density at radius 2 is 1.19 bits per heavy atom. The number of hydrogen-bond acceptors (Lipinski definition) is 7. The molecule has 32 heavy (non-hydrogen) atoms. The minimum absolute atomic E-state index is 0.00178. The van der Waals surface area contributed by atoms with Crippen LogP contribution in [0.5, 0.6) is 0 Å². The highest BCUT2D eigenvalue weighted by molar-refractivity contribution is 8.68. The molecule has 0 amide bonds. The van der Waals surface area contributed by atoms with Crippen molar-refractivity contribution in [3.8, 4) is 0 Å². The van der Waals surface area contributed by atoms with Gasteiger partial charge in [-0.1, -0.05) is 109 Å². The van der Waals surface area contributed by atoms with Crippen LogP contribution in [0.2, 0.25) is 0 Å². The molecule has 6 nitrogen and oxygen atoms in total. The van der Waals surface area contributed by atoms with Gasteiger partial charge in [0.2, 0.25) is 0 Å². The van der Waals surface area contributed by atoms with E-state index in [9.17, 15) is 4.79 Å². The van der Waals surface area contributed by atoms with Crippen LogP contribution in [-0.2, 0) is 35.7 Å². The predicted molar refractivity (Wildman–Crippen MR) is 138 cm³/mol. The largest absolute Gasteiger partial charge is 0.481 e. The number of carboxylic acid groups (broad SMARTS) is 1. The monoisotopic (exact) mass is 514 g/mol. The normalized spacial score (nSPS) is 12.8. The molecule has 0 aliphatic rings. The molecular formula is C23H47O6PS2. The van der Waals surface area contributed by atoms with E-state index >= 15 is 0 Å². The van der Waals surface area contributed by atoms with E-state index in [1.807, 2.05) is 6.92 Å². The van der Waals surface area contributed by atoms with Crippen molar-refractivity contribution >= 4 is 34.9 Å². The van der Waals surface area contributed by atoms with Gasteiger partial charge in [-0.05, 0) is 31.1 Å². The van der Waals surface area contributed by atoms with Crippen LogP contribution in [0.3, 0.4) is 0 Å². The van der Waals surface area contributed by atoms with Crippen molar-refractivity contribution in [1.82, 2.24) is 0 Å². The maximum Gasteiger partial charge on any atom is 0.307 e. The van der Waals surface area contributed by atoms with Crippen LogP contribution in [0.15, 0.2) is 0 Å². The number of rotatable bonds is 25. The Kier molecular flexibility index (Phi) is 23.3. The van der Waals surface area contributed by atoms with E-state index < -0.39 is 11.7 Å². The van der Waals surface area contributed by atoms with Crippen LogP contribution in [-0.4, -0.2) is 29.5 Å². The summed E-state index contributed by atoms with van der Waals surface area (Å²) in [7, 11) is 0. The molecule has 0 aromatic heterocycles. The lowest BCUT2D eigenvalue weighted by atomic mass is 10.1. The summed E-state index contributed by atoms with van der Waals surface area (Å²) in [6.07, 6.45) is 17.2. The first kappa shape index (κ1) is 32.3. The second-order valence-corrected chi connectivity index (χ2v) is 14.5. The summed E-state index contributed by atoms with van der Waals surface area (Å²) in [4.78, 5) is 21.9. The quantitative estimate of drug-likeness (QED) is 0.0562. The van der Waals surface area contributed by atoms with Gasteiger partial charge in [0.15, 0.2) is 0 Å². The number of carbonyl (C=O) groups is 1. The van der Waals surface area contributed by atoms with Crippen molar-refractivity contribution in [1.29, 1.82) is 0 Å². The number of aliphatic carboxylic acids is 1. The number of unbranched alkanes of at least 4 members (excludes halogenated alkanes) is 12. The molecule has 0 saturated heterocycles. The molecule has 1 atom stereocenters. The van der Waals surface area contributed by atoms with E-state index in [0.29, 0.717) is 19.6 Å². The van der Waals surface area contributed by atoms with Crippen LogP contribution in [0.1, 0.15) is 124 Å². The van der Waals surface area contributed by atoms with E-state index in [1.54, 1.807) is 0 Å². The summed E-state index contributed by atoms with van der Waals surface area (Å²) in [6, 6.07) is 0. The lowest BCUT2D eigenvalue weighted by molar-refractivity contribution is -0.253. The molecule has 0 saturated carbocycles. The number of hydrogen-bond donors (Lipinski definition) is 1. The van der Waals surface area contributed by atoms with Crippen molar-refractivity contribution in [3.05, 3.63) is 0 Å². The van der Waals surface area contributed by atoms with E-state index in [1.165, 1.54) is 75.6 Å². The van der Waals surface area contributed by atoms with Gasteiger partial charge < -0.3 is 5.11 Å². The Balaban J connectivity index is 4.28. The Morgan fingerprint density at radius 3 is 1.56 bits per heavy atom. The van der Waals surface area contributed by atoms with Gasteiger partial charge in [-0.15, -0.1) is 0 Å². The first-order valence-corrected chi connectivity index (χ1v) is 16.7. The molecule has 0 heterocycles. The molecule has 0 spiro atoms. The van der Waals surface area contributed by atoms with Crippen molar-refractivity contribution in [2.75, 3.05) is 13.2 Å². The van der Waals surface area contributed by atoms with Crippen LogP contribution in [0, 0.1) is 0 Å². The second-order valence-electron chi connectivity index (χ2n) is 8.22. The summed E-state index contributed by atoms with van der Waals surface area (Å²) in [6.45, 7) is 7.26. The molecule has 0 aliphatic heterocycles. The maximum atomic E-state index is 11.1. The fourth-order valence-electron chi connectivity index (χ4n) is 3.12. The van der Waals surface area contributed by atoms with Gasteiger partial charge >= 0.3 is 11.7 Å². The van der Waals surface area contributed by atoms with Gasteiger partial charge in [-0.2, -0.15) is 9.35 Å². The molecule has 192 valence electrons. The van der Waals surface area contributed by atoms with Crippen LogP contribution < -0.4 is 0 Å². The standard InChI is InChI=1S/C23H47O6PS2/c1-4-7-9-11-13-15-17-19-26-28-30(31,32-22(6-3)21-23(24)25)29-27-20-18-16-14-12-10-8-5-2/h22H,4-21H2,1-3H3,(H,24,25). The minimum atomic E-state index is -2.95. The van der Waals surface area contributed by atoms with E-state index in [0.717, 1.165) is 25.7 Å². The van der Waals surface area contributed by atoms with Crippen LogP contribution in [0.25, 0.3) is 0 Å². The molecule has 0 aromatic rings. The zero-order chi connectivity index (χ0) is 23.9. The summed E-state index contributed by atoms with van der Waals surface area (Å²) in [5, 5.41) is 8.93. The minimum Gasteiger partial charge on any atom is -0.481 e. The van der Waals surface area contributed by atoms with Crippen molar-refractivity contribution in [2.24, 2.45) is 0 Å². The molecule has 1 unspecified atom stereocenters. The summed E-state index contributed by atoms with van der Waals surface area (Å²) >= 11 is 6.81. The van der Waals surface area contributed by atoms with Crippen molar-refractivity contribution in [3.63, 3.8) is 0 Å². The molecule has 1 N–H and O–H groups in total. The fourth-order valence-corrected chi connectivity index (χ4v) is 7.94. The molecule has 0 fully saturated rings. The van der Waals surface area contributed by atoms with Crippen molar-refractivity contribution in [2.45, 2.75) is 129 Å². The van der Waals surface area contributed by atoms with Gasteiger partial charge in [0.1, 0.15) is 0 Å². The average molecular weight is 515 g/mol. The Labute approximate surface area is 205 Å². The molecule has 0 aromatic carbocycles. The first-order valence-electron chi connectivity index (χ1n) is 12.6. The molecular weight excluding hydrogens is 467 g/mol. The highest BCUT2D eigenvalue weighted by Gasteiger charge is 2.29. The van der Waals surface area contributed by atoms with Gasteiger partial charge in [-0.3, -0.25) is 4.79 Å².